The molecule has 0 bridgehead atoms. The Morgan fingerprint density at radius 2 is 1.93 bits per heavy atom. The molecule has 0 unspecified atom stereocenters. The molecule has 0 radical (unpaired) electrons. The highest BCUT2D eigenvalue weighted by Crippen LogP contribution is 2.13. The number of rotatable bonds is 8. The van der Waals surface area contributed by atoms with Crippen molar-refractivity contribution < 1.29 is 13.2 Å². The molecule has 9 heteroatoms. The van der Waals surface area contributed by atoms with Crippen LogP contribution in [0.1, 0.15) is 25.3 Å². The topological polar surface area (TPSA) is 83.0 Å². The lowest BCUT2D eigenvalue weighted by Crippen LogP contribution is -2.48. The van der Waals surface area contributed by atoms with Gasteiger partial charge < -0.3 is 15.0 Å². The molecule has 154 valence electrons. The maximum Gasteiger partial charge on any atom is 0.213 e. The standard InChI is InChI=1S/C18H30N4O3S.HI/c1-3-25-17-9-12-22(13-10-17)18(19-2)20-11-14-26(23,24)21-15-16-7-5-4-6-8-16;/h4-8,17,21H,3,9-15H2,1-2H3,(H,19,20);1H. The van der Waals surface area contributed by atoms with Crippen molar-refractivity contribution in [2.45, 2.75) is 32.4 Å². The van der Waals surface area contributed by atoms with Crippen molar-refractivity contribution in [2.75, 3.05) is 39.0 Å². The zero-order valence-electron chi connectivity index (χ0n) is 16.1. The van der Waals surface area contributed by atoms with Crippen LogP contribution in [0.4, 0.5) is 0 Å². The number of halogens is 1. The zero-order chi connectivity index (χ0) is 18.8. The molecular formula is C18H31IN4O3S. The molecule has 1 aliphatic rings. The molecule has 2 N–H and O–H groups in total. The Morgan fingerprint density at radius 3 is 2.52 bits per heavy atom. The van der Waals surface area contributed by atoms with E-state index in [-0.39, 0.29) is 29.7 Å². The summed E-state index contributed by atoms with van der Waals surface area (Å²) in [6.45, 7) is 5.11. The summed E-state index contributed by atoms with van der Waals surface area (Å²) in [4.78, 5) is 6.42. The summed E-state index contributed by atoms with van der Waals surface area (Å²) in [5.41, 5.74) is 0.942. The van der Waals surface area contributed by atoms with E-state index in [0.29, 0.717) is 19.2 Å². The molecule has 1 aliphatic heterocycles. The molecule has 0 atom stereocenters. The second-order valence-electron chi connectivity index (χ2n) is 6.24. The van der Waals surface area contributed by atoms with Crippen LogP contribution in [0.25, 0.3) is 0 Å². The van der Waals surface area contributed by atoms with Crippen LogP contribution in [0, 0.1) is 0 Å². The van der Waals surface area contributed by atoms with E-state index in [1.54, 1.807) is 7.05 Å². The van der Waals surface area contributed by atoms with E-state index in [4.69, 9.17) is 4.74 Å². The summed E-state index contributed by atoms with van der Waals surface area (Å²) in [5.74, 6) is 0.757. The number of piperidine rings is 1. The van der Waals surface area contributed by atoms with Crippen molar-refractivity contribution in [3.8, 4) is 0 Å². The third kappa shape index (κ3) is 8.75. The van der Waals surface area contributed by atoms with E-state index in [2.05, 4.69) is 19.9 Å². The highest BCUT2D eigenvalue weighted by Gasteiger charge is 2.21. The van der Waals surface area contributed by atoms with E-state index in [0.717, 1.165) is 44.1 Å². The first-order valence-electron chi connectivity index (χ1n) is 9.12. The van der Waals surface area contributed by atoms with E-state index < -0.39 is 10.0 Å². The highest BCUT2D eigenvalue weighted by molar-refractivity contribution is 14.0. The summed E-state index contributed by atoms with van der Waals surface area (Å²) in [5, 5.41) is 3.16. The molecule has 1 fully saturated rings. The van der Waals surface area contributed by atoms with Crippen molar-refractivity contribution in [1.82, 2.24) is 14.9 Å². The fourth-order valence-corrected chi connectivity index (χ4v) is 3.86. The molecule has 1 heterocycles. The number of guanidine groups is 1. The van der Waals surface area contributed by atoms with Gasteiger partial charge in [-0.15, -0.1) is 24.0 Å². The van der Waals surface area contributed by atoms with Crippen molar-refractivity contribution in [1.29, 1.82) is 0 Å². The highest BCUT2D eigenvalue weighted by atomic mass is 127. The van der Waals surface area contributed by atoms with Crippen LogP contribution < -0.4 is 10.0 Å². The van der Waals surface area contributed by atoms with Gasteiger partial charge >= 0.3 is 0 Å². The van der Waals surface area contributed by atoms with Crippen LogP contribution >= 0.6 is 24.0 Å². The van der Waals surface area contributed by atoms with Crippen molar-refractivity contribution >= 4 is 40.0 Å². The van der Waals surface area contributed by atoms with Gasteiger partial charge in [0.1, 0.15) is 0 Å². The third-order valence-corrected chi connectivity index (χ3v) is 5.67. The van der Waals surface area contributed by atoms with Crippen molar-refractivity contribution in [3.05, 3.63) is 35.9 Å². The second-order valence-corrected chi connectivity index (χ2v) is 8.17. The van der Waals surface area contributed by atoms with Gasteiger partial charge in [0, 0.05) is 39.8 Å². The van der Waals surface area contributed by atoms with Crippen LogP contribution in [-0.4, -0.2) is 64.4 Å². The van der Waals surface area contributed by atoms with Gasteiger partial charge in [0.15, 0.2) is 5.96 Å². The molecule has 0 saturated carbocycles. The molecule has 1 saturated heterocycles. The van der Waals surface area contributed by atoms with Crippen LogP contribution in [0.15, 0.2) is 35.3 Å². The second kappa shape index (κ2) is 12.5. The normalized spacial score (nSPS) is 16.1. The summed E-state index contributed by atoms with van der Waals surface area (Å²) in [6, 6.07) is 9.49. The molecule has 1 aromatic carbocycles. The molecule has 27 heavy (non-hydrogen) atoms. The van der Waals surface area contributed by atoms with Gasteiger partial charge in [0.25, 0.3) is 0 Å². The SMILES string of the molecule is CCOC1CCN(C(=NC)NCCS(=O)(=O)NCc2ccccc2)CC1.I. The number of ether oxygens (including phenoxy) is 1. The van der Waals surface area contributed by atoms with Gasteiger partial charge in [-0.1, -0.05) is 30.3 Å². The summed E-state index contributed by atoms with van der Waals surface area (Å²) < 4.78 is 32.6. The molecule has 0 aromatic heterocycles. The fourth-order valence-electron chi connectivity index (χ4n) is 2.96. The molecule has 0 spiro atoms. The molecular weight excluding hydrogens is 479 g/mol. The van der Waals surface area contributed by atoms with Gasteiger partial charge in [-0.3, -0.25) is 4.99 Å². The monoisotopic (exact) mass is 510 g/mol. The maximum absolute atomic E-state index is 12.1. The average molecular weight is 510 g/mol. The Bertz CT molecular complexity index is 662. The summed E-state index contributed by atoms with van der Waals surface area (Å²) in [6.07, 6.45) is 2.24. The largest absolute Gasteiger partial charge is 0.378 e. The zero-order valence-corrected chi connectivity index (χ0v) is 19.2. The smallest absolute Gasteiger partial charge is 0.213 e. The van der Waals surface area contributed by atoms with E-state index in [9.17, 15) is 8.42 Å². The molecule has 1 aromatic rings. The van der Waals surface area contributed by atoms with Crippen LogP contribution in [-0.2, 0) is 21.3 Å². The minimum Gasteiger partial charge on any atom is -0.378 e. The Kier molecular flexibility index (Phi) is 11.2. The Hall–Kier alpha value is -0.910. The first kappa shape index (κ1) is 24.1. The average Bonchev–Trinajstić information content (AvgIpc) is 2.66. The summed E-state index contributed by atoms with van der Waals surface area (Å²) >= 11 is 0. The summed E-state index contributed by atoms with van der Waals surface area (Å²) in [7, 11) is -1.62. The van der Waals surface area contributed by atoms with Gasteiger partial charge in [0.2, 0.25) is 10.0 Å². The number of benzene rings is 1. The molecule has 2 rings (SSSR count). The predicted octanol–water partition coefficient (Wildman–Crippen LogP) is 1.80. The van der Waals surface area contributed by atoms with E-state index >= 15 is 0 Å². The molecule has 0 amide bonds. The number of hydrogen-bond donors (Lipinski definition) is 2. The van der Waals surface area contributed by atoms with Crippen LogP contribution in [0.2, 0.25) is 0 Å². The minimum atomic E-state index is -3.34. The Balaban J connectivity index is 0.00000364. The number of nitrogens with zero attached hydrogens (tertiary/aromatic N) is 2. The maximum atomic E-state index is 12.1. The minimum absolute atomic E-state index is 0. The first-order valence-corrected chi connectivity index (χ1v) is 10.8. The van der Waals surface area contributed by atoms with E-state index in [1.807, 2.05) is 37.3 Å². The number of aliphatic imine (C=N–C) groups is 1. The van der Waals surface area contributed by atoms with Crippen molar-refractivity contribution in [3.63, 3.8) is 0 Å². The van der Waals surface area contributed by atoms with Gasteiger partial charge in [-0.2, -0.15) is 0 Å². The first-order chi connectivity index (χ1) is 12.5. The van der Waals surface area contributed by atoms with Gasteiger partial charge in [-0.25, -0.2) is 13.1 Å². The molecule has 7 nitrogen and oxygen atoms in total. The quantitative estimate of drug-likeness (QED) is 0.317. The lowest BCUT2D eigenvalue weighted by Gasteiger charge is -2.34. The number of nitrogens with one attached hydrogen (secondary N) is 2. The lowest BCUT2D eigenvalue weighted by atomic mass is 10.1. The lowest BCUT2D eigenvalue weighted by molar-refractivity contribution is 0.0264. The van der Waals surface area contributed by atoms with Gasteiger partial charge in [0.05, 0.1) is 11.9 Å². The number of likely N-dealkylation sites (tertiary alicyclic amines) is 1. The van der Waals surface area contributed by atoms with E-state index in [1.165, 1.54) is 0 Å². The number of hydrogen-bond acceptors (Lipinski definition) is 4. The van der Waals surface area contributed by atoms with Gasteiger partial charge in [-0.05, 0) is 25.3 Å². The molecule has 0 aliphatic carbocycles. The fraction of sp³-hybridized carbons (Fsp3) is 0.611. The Labute approximate surface area is 180 Å². The predicted molar refractivity (Wildman–Crippen MR) is 120 cm³/mol. The van der Waals surface area contributed by atoms with Crippen molar-refractivity contribution in [2.24, 2.45) is 4.99 Å². The Morgan fingerprint density at radius 1 is 1.26 bits per heavy atom. The third-order valence-electron chi connectivity index (χ3n) is 4.35. The number of sulfonamides is 1. The van der Waals surface area contributed by atoms with Crippen LogP contribution in [0.3, 0.4) is 0 Å². The van der Waals surface area contributed by atoms with Crippen LogP contribution in [0.5, 0.6) is 0 Å².